The molecule has 0 aliphatic rings. The first-order valence-corrected chi connectivity index (χ1v) is 30.5. The van der Waals surface area contributed by atoms with Crippen molar-refractivity contribution in [2.24, 2.45) is 0 Å². The fourth-order valence-corrected chi connectivity index (χ4v) is 11.5. The van der Waals surface area contributed by atoms with Gasteiger partial charge in [-0.05, 0) is 45.2 Å². The second-order valence-electron chi connectivity index (χ2n) is 18.9. The topological polar surface area (TPSA) is 66.0 Å². The van der Waals surface area contributed by atoms with E-state index in [1.54, 1.807) is 11.8 Å². The van der Waals surface area contributed by atoms with Crippen LogP contribution in [0.15, 0.2) is 0 Å². The van der Waals surface area contributed by atoms with Crippen LogP contribution in [0.5, 0.6) is 0 Å². The number of rotatable bonds is 54. The number of nitrogens with one attached hydrogen (secondary N) is 1. The Balaban J connectivity index is 4.95. The first-order valence-electron chi connectivity index (χ1n) is 27.8. The minimum Gasteiger partial charge on any atom is -0.395 e. The van der Waals surface area contributed by atoms with Gasteiger partial charge in [0.1, 0.15) is 0 Å². The van der Waals surface area contributed by atoms with E-state index in [-0.39, 0.29) is 5.54 Å². The molecule has 0 fully saturated rings. The first-order chi connectivity index (χ1) is 30.6. The van der Waals surface area contributed by atoms with Crippen LogP contribution in [-0.4, -0.2) is 72.4 Å². The summed E-state index contributed by atoms with van der Waals surface area (Å²) in [5, 5.41) is 4.19. The van der Waals surface area contributed by atoms with E-state index in [2.05, 4.69) is 40.1 Å². The molecule has 0 rings (SSSR count). The van der Waals surface area contributed by atoms with Crippen molar-refractivity contribution in [2.75, 3.05) is 52.4 Å². The Morgan fingerprint density at radius 3 is 1.23 bits per heavy atom. The summed E-state index contributed by atoms with van der Waals surface area (Å²) < 4.78 is 25.0. The number of ether oxygens (including phenoxy) is 2. The van der Waals surface area contributed by atoms with Crippen molar-refractivity contribution in [1.82, 2.24) is 5.32 Å². The third kappa shape index (κ3) is 45.2. The lowest BCUT2D eigenvalue weighted by Gasteiger charge is -2.35. The Kier molecular flexibility index (Phi) is 52.0. The zero-order chi connectivity index (χ0) is 45.1. The molecule has 0 heterocycles. The molecule has 1 atom stereocenters. The average Bonchev–Trinajstić information content (AvgIpc) is 3.28. The van der Waals surface area contributed by atoms with Gasteiger partial charge in [0.15, 0.2) is 5.12 Å². The molecule has 0 spiro atoms. The molecule has 6 nitrogen and oxygen atoms in total. The van der Waals surface area contributed by atoms with Crippen molar-refractivity contribution in [3.05, 3.63) is 0 Å². The fraction of sp³-hybridized carbons (Fsp3) is 0.981. The lowest BCUT2D eigenvalue weighted by molar-refractivity contribution is -0.111. The van der Waals surface area contributed by atoms with E-state index in [1.807, 2.05) is 0 Å². The van der Waals surface area contributed by atoms with Gasteiger partial charge in [-0.15, -0.1) is 0 Å². The summed E-state index contributed by atoms with van der Waals surface area (Å²) in [6, 6.07) is 0.940. The van der Waals surface area contributed by atoms with E-state index in [4.69, 9.17) is 18.3 Å². The first kappa shape index (κ1) is 62.0. The van der Waals surface area contributed by atoms with Gasteiger partial charge in [-0.3, -0.25) is 4.79 Å². The summed E-state index contributed by atoms with van der Waals surface area (Å²) >= 11 is 1.54. The Bertz CT molecular complexity index is 845. The number of unbranched alkanes of at least 4 members (excludes halogenated alkanes) is 31. The molecule has 1 N–H and O–H groups in total. The molecule has 0 saturated heterocycles. The van der Waals surface area contributed by atoms with E-state index >= 15 is 0 Å². The summed E-state index contributed by atoms with van der Waals surface area (Å²) in [5.74, 6) is 0.869. The predicted molar refractivity (Wildman–Crippen MR) is 278 cm³/mol. The standard InChI is InChI=1S/C54H111NO5SSi/c1-6-10-14-17-20-23-26-27-28-29-32-35-38-42-53(56)61-50-41-51-62(59-49-48-58-47-46-57-45-13-9-4)60-52-54(55-5,43-39-36-33-30-24-21-18-15-11-7-2)44-40-37-34-31-25-22-19-16-12-8-3/h55,62H,6-52H2,1-5H3. The molecule has 62 heavy (non-hydrogen) atoms. The van der Waals surface area contributed by atoms with Crippen molar-refractivity contribution in [2.45, 2.75) is 290 Å². The summed E-state index contributed by atoms with van der Waals surface area (Å²) in [5.41, 5.74) is -0.000154. The maximum atomic E-state index is 12.8. The maximum absolute atomic E-state index is 12.8. The van der Waals surface area contributed by atoms with Gasteiger partial charge in [0, 0.05) is 24.3 Å². The number of carbonyl (C=O) groups is 1. The molecule has 0 aromatic rings. The van der Waals surface area contributed by atoms with Gasteiger partial charge in [0.05, 0.1) is 33.0 Å². The Morgan fingerprint density at radius 1 is 0.435 bits per heavy atom. The summed E-state index contributed by atoms with van der Waals surface area (Å²) in [7, 11) is 0.217. The molecular weight excluding hydrogens is 803 g/mol. The monoisotopic (exact) mass is 914 g/mol. The van der Waals surface area contributed by atoms with Crippen LogP contribution < -0.4 is 5.32 Å². The molecule has 372 valence electrons. The number of hydrogen-bond donors (Lipinski definition) is 1. The van der Waals surface area contributed by atoms with Crippen molar-refractivity contribution in [3.63, 3.8) is 0 Å². The molecule has 0 radical (unpaired) electrons. The Hall–Kier alpha value is 0.0369. The van der Waals surface area contributed by atoms with Crippen LogP contribution in [0, 0.1) is 0 Å². The average molecular weight is 915 g/mol. The molecular formula is C54H111NO5SSi. The van der Waals surface area contributed by atoms with Crippen LogP contribution >= 0.6 is 11.8 Å². The molecule has 0 aromatic heterocycles. The van der Waals surface area contributed by atoms with E-state index in [9.17, 15) is 4.79 Å². The lowest BCUT2D eigenvalue weighted by atomic mass is 9.87. The molecule has 0 amide bonds. The zero-order valence-electron chi connectivity index (χ0n) is 42.8. The van der Waals surface area contributed by atoms with Gasteiger partial charge in [-0.25, -0.2) is 0 Å². The Morgan fingerprint density at radius 2 is 0.806 bits per heavy atom. The minimum absolute atomic E-state index is 0.000154. The molecule has 0 aliphatic carbocycles. The van der Waals surface area contributed by atoms with E-state index in [0.29, 0.717) is 31.5 Å². The number of thioether (sulfide) groups is 1. The minimum atomic E-state index is -1.95. The SMILES string of the molecule is CCCCCCCCCCCCCCCC(=O)SCCC[SiH](OCCOCCOCCCC)OCC(CCCCCCCCCCCC)(CCCCCCCCCCCC)NC. The summed E-state index contributed by atoms with van der Waals surface area (Å²) in [6.07, 6.45) is 51.0. The van der Waals surface area contributed by atoms with Gasteiger partial charge < -0.3 is 23.6 Å². The second-order valence-corrected chi connectivity index (χ2v) is 22.2. The fourth-order valence-electron chi connectivity index (χ4n) is 8.56. The highest BCUT2D eigenvalue weighted by Gasteiger charge is 2.29. The van der Waals surface area contributed by atoms with Gasteiger partial charge in [0.25, 0.3) is 0 Å². The number of likely N-dealkylation sites (N-methyl/N-ethyl adjacent to an activating group) is 1. The largest absolute Gasteiger partial charge is 0.395 e. The Labute approximate surface area is 395 Å². The third-order valence-electron chi connectivity index (χ3n) is 13.0. The molecule has 1 unspecified atom stereocenters. The van der Waals surface area contributed by atoms with Crippen molar-refractivity contribution >= 4 is 26.2 Å². The van der Waals surface area contributed by atoms with Crippen molar-refractivity contribution in [3.8, 4) is 0 Å². The smallest absolute Gasteiger partial charge is 0.321 e. The normalized spacial score (nSPS) is 12.5. The molecule has 0 aliphatic heterocycles. The quantitative estimate of drug-likeness (QED) is 0.0482. The zero-order valence-corrected chi connectivity index (χ0v) is 44.7. The highest BCUT2D eigenvalue weighted by Crippen LogP contribution is 2.26. The van der Waals surface area contributed by atoms with Crippen LogP contribution in [0.4, 0.5) is 0 Å². The van der Waals surface area contributed by atoms with Crippen molar-refractivity contribution < 1.29 is 23.1 Å². The van der Waals surface area contributed by atoms with Crippen LogP contribution in [0.3, 0.4) is 0 Å². The van der Waals surface area contributed by atoms with Gasteiger partial charge in [-0.2, -0.15) is 0 Å². The maximum Gasteiger partial charge on any atom is 0.321 e. The van der Waals surface area contributed by atoms with Crippen LogP contribution in [-0.2, 0) is 23.1 Å². The highest BCUT2D eigenvalue weighted by atomic mass is 32.2. The lowest BCUT2D eigenvalue weighted by Crippen LogP contribution is -2.49. The highest BCUT2D eigenvalue weighted by molar-refractivity contribution is 8.13. The molecule has 0 saturated carbocycles. The van der Waals surface area contributed by atoms with Gasteiger partial charge in [-0.1, -0.05) is 251 Å². The van der Waals surface area contributed by atoms with Crippen LogP contribution in [0.1, 0.15) is 278 Å². The summed E-state index contributed by atoms with van der Waals surface area (Å²) in [4.78, 5) is 12.8. The number of hydrogen-bond acceptors (Lipinski definition) is 7. The second kappa shape index (κ2) is 52.0. The number of carbonyl (C=O) groups excluding carboxylic acids is 1. The van der Waals surface area contributed by atoms with E-state index < -0.39 is 9.28 Å². The molecule has 0 bridgehead atoms. The van der Waals surface area contributed by atoms with Gasteiger partial charge >= 0.3 is 9.28 Å². The molecule has 8 heteroatoms. The van der Waals surface area contributed by atoms with E-state index in [1.165, 1.54) is 218 Å². The van der Waals surface area contributed by atoms with Crippen molar-refractivity contribution in [1.29, 1.82) is 0 Å². The van der Waals surface area contributed by atoms with E-state index in [0.717, 1.165) is 57.1 Å². The third-order valence-corrected chi connectivity index (χ3v) is 16.0. The van der Waals surface area contributed by atoms with Gasteiger partial charge in [0.2, 0.25) is 0 Å². The molecule has 0 aromatic carbocycles. The summed E-state index contributed by atoms with van der Waals surface area (Å²) in [6.45, 7) is 13.0. The van der Waals surface area contributed by atoms with Crippen LogP contribution in [0.2, 0.25) is 6.04 Å². The predicted octanol–water partition coefficient (Wildman–Crippen LogP) is 16.8. The van der Waals surface area contributed by atoms with Crippen LogP contribution in [0.25, 0.3) is 0 Å².